The van der Waals surface area contributed by atoms with E-state index >= 15 is 0 Å². The SMILES string of the molecule is COc1cccc(Nc2nccc(C)n2)c1. The molecule has 0 aliphatic rings. The Kier molecular flexibility index (Phi) is 3.00. The van der Waals surface area contributed by atoms with Crippen molar-refractivity contribution in [1.82, 2.24) is 9.97 Å². The van der Waals surface area contributed by atoms with Gasteiger partial charge >= 0.3 is 0 Å². The normalized spacial score (nSPS) is 9.88. The summed E-state index contributed by atoms with van der Waals surface area (Å²) in [6.07, 6.45) is 1.73. The lowest BCUT2D eigenvalue weighted by molar-refractivity contribution is 0.415. The second-order valence-corrected chi connectivity index (χ2v) is 3.38. The van der Waals surface area contributed by atoms with Gasteiger partial charge in [-0.2, -0.15) is 0 Å². The third-order valence-corrected chi connectivity index (χ3v) is 2.12. The van der Waals surface area contributed by atoms with E-state index in [1.54, 1.807) is 13.3 Å². The number of hydrogen-bond acceptors (Lipinski definition) is 4. The molecule has 1 aromatic carbocycles. The molecule has 0 saturated heterocycles. The first-order valence-electron chi connectivity index (χ1n) is 4.98. The van der Waals surface area contributed by atoms with Crippen LogP contribution in [0.2, 0.25) is 0 Å². The molecule has 4 nitrogen and oxygen atoms in total. The maximum atomic E-state index is 5.14. The van der Waals surface area contributed by atoms with E-state index < -0.39 is 0 Å². The summed E-state index contributed by atoms with van der Waals surface area (Å²) in [5, 5.41) is 3.12. The van der Waals surface area contributed by atoms with Crippen LogP contribution in [0, 0.1) is 6.92 Å². The molecule has 1 N–H and O–H groups in total. The third kappa shape index (κ3) is 2.48. The van der Waals surface area contributed by atoms with Crippen molar-refractivity contribution in [3.63, 3.8) is 0 Å². The average Bonchev–Trinajstić information content (AvgIpc) is 2.29. The quantitative estimate of drug-likeness (QED) is 0.854. The molecule has 0 aliphatic carbocycles. The van der Waals surface area contributed by atoms with Crippen LogP contribution in [-0.4, -0.2) is 17.1 Å². The Bertz CT molecular complexity index is 485. The Morgan fingerprint density at radius 1 is 1.25 bits per heavy atom. The van der Waals surface area contributed by atoms with Gasteiger partial charge in [-0.25, -0.2) is 9.97 Å². The van der Waals surface area contributed by atoms with Crippen LogP contribution in [0.5, 0.6) is 5.75 Å². The van der Waals surface area contributed by atoms with Gasteiger partial charge in [-0.3, -0.25) is 0 Å². The molecule has 0 radical (unpaired) electrons. The molecule has 2 rings (SSSR count). The second kappa shape index (κ2) is 4.61. The zero-order valence-electron chi connectivity index (χ0n) is 9.27. The summed E-state index contributed by atoms with van der Waals surface area (Å²) in [6, 6.07) is 9.50. The van der Waals surface area contributed by atoms with Gasteiger partial charge in [-0.15, -0.1) is 0 Å². The molecule has 16 heavy (non-hydrogen) atoms. The van der Waals surface area contributed by atoms with Crippen LogP contribution in [-0.2, 0) is 0 Å². The van der Waals surface area contributed by atoms with E-state index in [1.165, 1.54) is 0 Å². The van der Waals surface area contributed by atoms with E-state index in [2.05, 4.69) is 15.3 Å². The first-order valence-corrected chi connectivity index (χ1v) is 4.98. The van der Waals surface area contributed by atoms with Crippen molar-refractivity contribution in [1.29, 1.82) is 0 Å². The molecule has 1 aromatic heterocycles. The standard InChI is InChI=1S/C12H13N3O/c1-9-6-7-13-12(14-9)15-10-4-3-5-11(8-10)16-2/h3-8H,1-2H3,(H,13,14,15). The molecule has 0 aliphatic heterocycles. The van der Waals surface area contributed by atoms with Crippen molar-refractivity contribution in [2.24, 2.45) is 0 Å². The minimum absolute atomic E-state index is 0.591. The molecule has 82 valence electrons. The van der Waals surface area contributed by atoms with Crippen LogP contribution >= 0.6 is 0 Å². The number of anilines is 2. The highest BCUT2D eigenvalue weighted by Crippen LogP contribution is 2.19. The number of ether oxygens (including phenoxy) is 1. The number of aryl methyl sites for hydroxylation is 1. The van der Waals surface area contributed by atoms with Crippen LogP contribution in [0.1, 0.15) is 5.69 Å². The first-order chi connectivity index (χ1) is 7.78. The minimum atomic E-state index is 0.591. The van der Waals surface area contributed by atoms with E-state index in [-0.39, 0.29) is 0 Å². The Labute approximate surface area is 94.3 Å². The third-order valence-electron chi connectivity index (χ3n) is 2.12. The van der Waals surface area contributed by atoms with Crippen LogP contribution in [0.4, 0.5) is 11.6 Å². The molecule has 0 saturated carbocycles. The van der Waals surface area contributed by atoms with E-state index in [0.717, 1.165) is 17.1 Å². The molecule has 0 bridgehead atoms. The Morgan fingerprint density at radius 2 is 2.12 bits per heavy atom. The molecule has 0 atom stereocenters. The fourth-order valence-electron chi connectivity index (χ4n) is 1.34. The molecule has 1 heterocycles. The van der Waals surface area contributed by atoms with E-state index in [9.17, 15) is 0 Å². The molecular formula is C12H13N3O. The summed E-state index contributed by atoms with van der Waals surface area (Å²) in [5.74, 6) is 1.39. The van der Waals surface area contributed by atoms with Crippen molar-refractivity contribution in [2.45, 2.75) is 6.92 Å². The maximum Gasteiger partial charge on any atom is 0.227 e. The summed E-state index contributed by atoms with van der Waals surface area (Å²) < 4.78 is 5.14. The summed E-state index contributed by atoms with van der Waals surface area (Å²) in [7, 11) is 1.64. The first kappa shape index (κ1) is 10.4. The van der Waals surface area contributed by atoms with Crippen LogP contribution in [0.25, 0.3) is 0 Å². The van der Waals surface area contributed by atoms with Gasteiger partial charge < -0.3 is 10.1 Å². The van der Waals surface area contributed by atoms with E-state index in [4.69, 9.17) is 4.74 Å². The lowest BCUT2D eigenvalue weighted by Crippen LogP contribution is -1.97. The van der Waals surface area contributed by atoms with Crippen molar-refractivity contribution in [3.05, 3.63) is 42.2 Å². The van der Waals surface area contributed by atoms with E-state index in [1.807, 2.05) is 37.3 Å². The number of nitrogens with one attached hydrogen (secondary N) is 1. The van der Waals surface area contributed by atoms with Gasteiger partial charge in [0.1, 0.15) is 5.75 Å². The van der Waals surface area contributed by atoms with Crippen molar-refractivity contribution < 1.29 is 4.74 Å². The summed E-state index contributed by atoms with van der Waals surface area (Å²) in [4.78, 5) is 8.39. The maximum absolute atomic E-state index is 5.14. The highest BCUT2D eigenvalue weighted by Gasteiger charge is 1.98. The van der Waals surface area contributed by atoms with Crippen LogP contribution < -0.4 is 10.1 Å². The number of nitrogens with zero attached hydrogens (tertiary/aromatic N) is 2. The van der Waals surface area contributed by atoms with Gasteiger partial charge in [0.15, 0.2) is 0 Å². The van der Waals surface area contributed by atoms with Gasteiger partial charge in [-0.05, 0) is 25.1 Å². The fraction of sp³-hybridized carbons (Fsp3) is 0.167. The number of aromatic nitrogens is 2. The highest BCUT2D eigenvalue weighted by molar-refractivity contribution is 5.55. The number of benzene rings is 1. The predicted octanol–water partition coefficient (Wildman–Crippen LogP) is 2.54. The number of rotatable bonds is 3. The predicted molar refractivity (Wildman–Crippen MR) is 63.0 cm³/mol. The summed E-state index contributed by atoms with van der Waals surface area (Å²) >= 11 is 0. The summed E-state index contributed by atoms with van der Waals surface area (Å²) in [5.41, 5.74) is 1.84. The van der Waals surface area contributed by atoms with Gasteiger partial charge in [0.2, 0.25) is 5.95 Å². The molecule has 0 amide bonds. The molecule has 0 spiro atoms. The fourth-order valence-corrected chi connectivity index (χ4v) is 1.34. The van der Waals surface area contributed by atoms with Crippen molar-refractivity contribution in [3.8, 4) is 5.75 Å². The Balaban J connectivity index is 2.20. The molecule has 2 aromatic rings. The van der Waals surface area contributed by atoms with Gasteiger partial charge in [0, 0.05) is 23.6 Å². The van der Waals surface area contributed by atoms with Gasteiger partial charge in [0.05, 0.1) is 7.11 Å². The number of methoxy groups -OCH3 is 1. The largest absolute Gasteiger partial charge is 0.497 e. The zero-order valence-corrected chi connectivity index (χ0v) is 9.27. The topological polar surface area (TPSA) is 47.0 Å². The average molecular weight is 215 g/mol. The number of hydrogen-bond donors (Lipinski definition) is 1. The second-order valence-electron chi connectivity index (χ2n) is 3.38. The van der Waals surface area contributed by atoms with Gasteiger partial charge in [0.25, 0.3) is 0 Å². The van der Waals surface area contributed by atoms with Crippen LogP contribution in [0.15, 0.2) is 36.5 Å². The monoisotopic (exact) mass is 215 g/mol. The smallest absolute Gasteiger partial charge is 0.227 e. The molecule has 0 unspecified atom stereocenters. The molecule has 4 heteroatoms. The Morgan fingerprint density at radius 3 is 2.88 bits per heavy atom. The highest BCUT2D eigenvalue weighted by atomic mass is 16.5. The summed E-state index contributed by atoms with van der Waals surface area (Å²) in [6.45, 7) is 1.93. The minimum Gasteiger partial charge on any atom is -0.497 e. The molecular weight excluding hydrogens is 202 g/mol. The van der Waals surface area contributed by atoms with Crippen molar-refractivity contribution in [2.75, 3.05) is 12.4 Å². The lowest BCUT2D eigenvalue weighted by Gasteiger charge is -2.06. The van der Waals surface area contributed by atoms with E-state index in [0.29, 0.717) is 5.95 Å². The lowest BCUT2D eigenvalue weighted by atomic mass is 10.3. The molecule has 0 fully saturated rings. The zero-order chi connectivity index (χ0) is 11.4. The van der Waals surface area contributed by atoms with Gasteiger partial charge in [-0.1, -0.05) is 6.07 Å². The van der Waals surface area contributed by atoms with Crippen molar-refractivity contribution >= 4 is 11.6 Å². The Hall–Kier alpha value is -2.10. The van der Waals surface area contributed by atoms with Crippen LogP contribution in [0.3, 0.4) is 0 Å².